The fourth-order valence-corrected chi connectivity index (χ4v) is 1.58. The topological polar surface area (TPSA) is 102 Å². The Balaban J connectivity index is 0.000000754. The van der Waals surface area contributed by atoms with E-state index in [0.717, 1.165) is 11.3 Å². The van der Waals surface area contributed by atoms with Crippen molar-refractivity contribution in [2.75, 3.05) is 13.7 Å². The molecule has 0 unspecified atom stereocenters. The Kier molecular flexibility index (Phi) is 9.67. The zero-order valence-corrected chi connectivity index (χ0v) is 13.3. The number of hydrogen-bond donors (Lipinski definition) is 3. The number of aldehydes is 1. The van der Waals surface area contributed by atoms with Gasteiger partial charge in [0, 0.05) is 6.61 Å². The predicted molar refractivity (Wildman–Crippen MR) is 81.3 cm³/mol. The third kappa shape index (κ3) is 9.11. The summed E-state index contributed by atoms with van der Waals surface area (Å²) in [6, 6.07) is 6.65. The Bertz CT molecular complexity index is 524. The molecular weight excluding hydrogens is 329 g/mol. The molecule has 136 valence electrons. The molecule has 0 radical (unpaired) electrons. The minimum Gasteiger partial charge on any atom is -0.497 e. The third-order valence-corrected chi connectivity index (χ3v) is 2.86. The molecule has 0 bridgehead atoms. The Morgan fingerprint density at radius 1 is 1.46 bits per heavy atom. The second-order valence-corrected chi connectivity index (χ2v) is 4.79. The first kappa shape index (κ1) is 21.9. The molecule has 0 aromatic heterocycles. The average Bonchev–Trinajstić information content (AvgIpc) is 2.54. The monoisotopic (exact) mass is 350 g/mol. The van der Waals surface area contributed by atoms with Gasteiger partial charge in [-0.15, -0.1) is 0 Å². The zero-order chi connectivity index (χ0) is 18.8. The summed E-state index contributed by atoms with van der Waals surface area (Å²) in [5.74, 6) is 0.479. The third-order valence-electron chi connectivity index (χ3n) is 2.86. The van der Waals surface area contributed by atoms with Crippen LogP contribution in [-0.2, 0) is 9.59 Å². The van der Waals surface area contributed by atoms with Crippen LogP contribution < -0.4 is 15.8 Å². The van der Waals surface area contributed by atoms with E-state index in [0.29, 0.717) is 0 Å². The summed E-state index contributed by atoms with van der Waals surface area (Å²) in [7, 11) is 1.60. The standard InChI is InChI=1S/C13H20N2O3.C2HF3O/c1-9(15-13(17)12(14)6-7-16)10-4-3-5-11(8-10)18-2;3-2(4,5)1-6/h3-5,8-9,12,16H,6-7,14H2,1-2H3,(H,15,17);1H/t9-,12-;/m1./s1. The van der Waals surface area contributed by atoms with Gasteiger partial charge in [0.25, 0.3) is 0 Å². The number of rotatable bonds is 6. The summed E-state index contributed by atoms with van der Waals surface area (Å²) in [4.78, 5) is 20.4. The Labute approximate surface area is 137 Å². The van der Waals surface area contributed by atoms with E-state index < -0.39 is 18.5 Å². The van der Waals surface area contributed by atoms with Crippen LogP contribution in [0.3, 0.4) is 0 Å². The van der Waals surface area contributed by atoms with Gasteiger partial charge in [-0.3, -0.25) is 9.59 Å². The van der Waals surface area contributed by atoms with Crippen molar-refractivity contribution >= 4 is 12.2 Å². The summed E-state index contributed by atoms with van der Waals surface area (Å²) >= 11 is 0. The normalized spacial score (nSPS) is 13.1. The second kappa shape index (κ2) is 10.6. The fourth-order valence-electron chi connectivity index (χ4n) is 1.58. The molecule has 0 aliphatic heterocycles. The number of hydrogen-bond acceptors (Lipinski definition) is 5. The van der Waals surface area contributed by atoms with Gasteiger partial charge in [-0.05, 0) is 31.0 Å². The van der Waals surface area contributed by atoms with Crippen LogP contribution >= 0.6 is 0 Å². The van der Waals surface area contributed by atoms with E-state index in [2.05, 4.69) is 5.32 Å². The first-order valence-electron chi connectivity index (χ1n) is 6.98. The summed E-state index contributed by atoms with van der Waals surface area (Å²) in [6.07, 6.45) is -5.44. The van der Waals surface area contributed by atoms with E-state index in [9.17, 15) is 18.0 Å². The lowest BCUT2D eigenvalue weighted by Gasteiger charge is -2.18. The van der Waals surface area contributed by atoms with Crippen LogP contribution in [0.2, 0.25) is 0 Å². The minimum absolute atomic E-state index is 0.0951. The van der Waals surface area contributed by atoms with Crippen molar-refractivity contribution in [3.8, 4) is 5.75 Å². The fraction of sp³-hybridized carbons (Fsp3) is 0.467. The highest BCUT2D eigenvalue weighted by Crippen LogP contribution is 2.18. The van der Waals surface area contributed by atoms with Crippen molar-refractivity contribution in [2.45, 2.75) is 31.6 Å². The van der Waals surface area contributed by atoms with E-state index in [1.165, 1.54) is 0 Å². The average molecular weight is 350 g/mol. The Hall–Kier alpha value is -2.13. The number of halogens is 3. The maximum Gasteiger partial charge on any atom is 0.446 e. The lowest BCUT2D eigenvalue weighted by Crippen LogP contribution is -2.42. The van der Waals surface area contributed by atoms with Gasteiger partial charge in [0.1, 0.15) is 5.75 Å². The lowest BCUT2D eigenvalue weighted by molar-refractivity contribution is -0.156. The molecule has 24 heavy (non-hydrogen) atoms. The SMILES string of the molecule is COc1cccc([C@@H](C)NC(=O)[C@H](N)CCO)c1.O=CC(F)(F)F. The highest BCUT2D eigenvalue weighted by Gasteiger charge is 2.24. The molecule has 0 spiro atoms. The number of ether oxygens (including phenoxy) is 1. The second-order valence-electron chi connectivity index (χ2n) is 4.79. The first-order chi connectivity index (χ1) is 11.1. The summed E-state index contributed by atoms with van der Waals surface area (Å²) in [5, 5.41) is 11.5. The maximum atomic E-state index is 11.7. The van der Waals surface area contributed by atoms with Crippen LogP contribution in [0.5, 0.6) is 5.75 Å². The highest BCUT2D eigenvalue weighted by molar-refractivity contribution is 5.81. The molecule has 0 aliphatic carbocycles. The molecule has 0 fully saturated rings. The van der Waals surface area contributed by atoms with Gasteiger partial charge >= 0.3 is 6.18 Å². The predicted octanol–water partition coefficient (Wildman–Crippen LogP) is 1.33. The molecule has 0 heterocycles. The van der Waals surface area contributed by atoms with Crippen LogP contribution in [0.25, 0.3) is 0 Å². The van der Waals surface area contributed by atoms with E-state index >= 15 is 0 Å². The summed E-state index contributed by atoms with van der Waals surface area (Å²) in [6.45, 7) is 1.78. The quantitative estimate of drug-likeness (QED) is 0.672. The number of aliphatic hydroxyl groups excluding tert-OH is 1. The molecular formula is C15H21F3N2O4. The maximum absolute atomic E-state index is 11.7. The van der Waals surface area contributed by atoms with Gasteiger partial charge in [0.15, 0.2) is 0 Å². The van der Waals surface area contributed by atoms with Crippen LogP contribution in [-0.4, -0.2) is 43.2 Å². The molecule has 0 aliphatic rings. The van der Waals surface area contributed by atoms with Gasteiger partial charge in [-0.1, -0.05) is 12.1 Å². The van der Waals surface area contributed by atoms with Crippen molar-refractivity contribution in [2.24, 2.45) is 5.73 Å². The van der Waals surface area contributed by atoms with Crippen molar-refractivity contribution in [3.63, 3.8) is 0 Å². The molecule has 4 N–H and O–H groups in total. The Morgan fingerprint density at radius 2 is 2.04 bits per heavy atom. The molecule has 6 nitrogen and oxygen atoms in total. The van der Waals surface area contributed by atoms with Crippen molar-refractivity contribution in [1.29, 1.82) is 0 Å². The lowest BCUT2D eigenvalue weighted by atomic mass is 10.1. The van der Waals surface area contributed by atoms with Gasteiger partial charge in [-0.25, -0.2) is 0 Å². The van der Waals surface area contributed by atoms with Gasteiger partial charge < -0.3 is 20.9 Å². The van der Waals surface area contributed by atoms with Crippen LogP contribution in [0.15, 0.2) is 24.3 Å². The highest BCUT2D eigenvalue weighted by atomic mass is 19.4. The minimum atomic E-state index is -4.64. The number of methoxy groups -OCH3 is 1. The zero-order valence-electron chi connectivity index (χ0n) is 13.3. The molecule has 1 aromatic carbocycles. The molecule has 9 heteroatoms. The number of nitrogens with two attached hydrogens (primary N) is 1. The van der Waals surface area contributed by atoms with E-state index in [4.69, 9.17) is 20.4 Å². The van der Waals surface area contributed by atoms with Gasteiger partial charge in [0.05, 0.1) is 19.2 Å². The smallest absolute Gasteiger partial charge is 0.446 e. The number of amides is 1. The van der Waals surface area contributed by atoms with Gasteiger partial charge in [0.2, 0.25) is 12.2 Å². The number of carbonyl (C=O) groups is 2. The molecule has 0 saturated carbocycles. The van der Waals surface area contributed by atoms with Crippen molar-refractivity contribution < 1.29 is 32.6 Å². The Morgan fingerprint density at radius 3 is 2.50 bits per heavy atom. The van der Waals surface area contributed by atoms with E-state index in [1.54, 1.807) is 7.11 Å². The van der Waals surface area contributed by atoms with Crippen LogP contribution in [0, 0.1) is 0 Å². The molecule has 1 aromatic rings. The summed E-state index contributed by atoms with van der Waals surface area (Å²) < 4.78 is 36.4. The van der Waals surface area contributed by atoms with Crippen LogP contribution in [0.1, 0.15) is 24.9 Å². The first-order valence-corrected chi connectivity index (χ1v) is 6.98. The molecule has 1 amide bonds. The van der Waals surface area contributed by atoms with E-state index in [1.807, 2.05) is 31.2 Å². The number of benzene rings is 1. The van der Waals surface area contributed by atoms with Gasteiger partial charge in [-0.2, -0.15) is 13.2 Å². The number of nitrogens with one attached hydrogen (secondary N) is 1. The number of aliphatic hydroxyl groups is 1. The van der Waals surface area contributed by atoms with Crippen molar-refractivity contribution in [1.82, 2.24) is 5.32 Å². The number of alkyl halides is 3. The van der Waals surface area contributed by atoms with Crippen LogP contribution in [0.4, 0.5) is 13.2 Å². The summed E-state index contributed by atoms with van der Waals surface area (Å²) in [5.41, 5.74) is 6.56. The largest absolute Gasteiger partial charge is 0.497 e. The molecule has 2 atom stereocenters. The molecule has 0 saturated heterocycles. The number of carbonyl (C=O) groups excluding carboxylic acids is 2. The van der Waals surface area contributed by atoms with E-state index in [-0.39, 0.29) is 25.0 Å². The molecule has 1 rings (SSSR count). The van der Waals surface area contributed by atoms with Crippen molar-refractivity contribution in [3.05, 3.63) is 29.8 Å².